The molecule has 1 heterocycles. The smallest absolute Gasteiger partial charge is 0.204 e. The van der Waals surface area contributed by atoms with Crippen LogP contribution in [0.5, 0.6) is 11.5 Å². The van der Waals surface area contributed by atoms with Crippen molar-refractivity contribution in [2.24, 2.45) is 0 Å². The van der Waals surface area contributed by atoms with Crippen molar-refractivity contribution in [3.63, 3.8) is 0 Å². The largest absolute Gasteiger partial charge is 0.508 e. The van der Waals surface area contributed by atoms with E-state index in [0.717, 1.165) is 5.56 Å². The summed E-state index contributed by atoms with van der Waals surface area (Å²) in [4.78, 5) is 12.5. The van der Waals surface area contributed by atoms with Crippen LogP contribution in [0.3, 0.4) is 0 Å². The quantitative estimate of drug-likeness (QED) is 0.521. The van der Waals surface area contributed by atoms with Crippen LogP contribution in [0.2, 0.25) is 0 Å². The Hall–Kier alpha value is -3.27. The summed E-state index contributed by atoms with van der Waals surface area (Å²) >= 11 is 0. The first-order valence-corrected chi connectivity index (χ1v) is 7.11. The van der Waals surface area contributed by atoms with E-state index in [1.165, 1.54) is 6.07 Å². The Morgan fingerprint density at radius 2 is 1.52 bits per heavy atom. The van der Waals surface area contributed by atoms with Crippen LogP contribution in [0.1, 0.15) is 0 Å². The minimum Gasteiger partial charge on any atom is -0.508 e. The summed E-state index contributed by atoms with van der Waals surface area (Å²) in [6.07, 6.45) is 0. The van der Waals surface area contributed by atoms with E-state index in [1.54, 1.807) is 54.6 Å². The lowest BCUT2D eigenvalue weighted by Gasteiger charge is -2.07. The molecule has 0 radical (unpaired) electrons. The molecule has 0 aliphatic carbocycles. The van der Waals surface area contributed by atoms with Crippen molar-refractivity contribution in [2.75, 3.05) is 0 Å². The molecule has 0 saturated carbocycles. The number of rotatable bonds is 1. The second-order valence-corrected chi connectivity index (χ2v) is 5.34. The Morgan fingerprint density at radius 3 is 2.30 bits per heavy atom. The van der Waals surface area contributed by atoms with E-state index >= 15 is 0 Å². The Labute approximate surface area is 130 Å². The van der Waals surface area contributed by atoms with Crippen LogP contribution in [0.15, 0.2) is 69.9 Å². The third-order valence-electron chi connectivity index (χ3n) is 3.86. The SMILES string of the molecule is O=c1c2ccccc2oc2cc(-c3ccc(O)cc3)cc(O)c12. The Balaban J connectivity index is 2.05. The molecule has 1 aromatic heterocycles. The number of phenols is 2. The van der Waals surface area contributed by atoms with Gasteiger partial charge in [-0.15, -0.1) is 0 Å². The van der Waals surface area contributed by atoms with Crippen molar-refractivity contribution in [1.82, 2.24) is 0 Å². The topological polar surface area (TPSA) is 70.7 Å². The predicted octanol–water partition coefficient (Wildman–Crippen LogP) is 4.02. The summed E-state index contributed by atoms with van der Waals surface area (Å²) in [6.45, 7) is 0. The van der Waals surface area contributed by atoms with Crippen LogP contribution in [0.4, 0.5) is 0 Å². The van der Waals surface area contributed by atoms with Crippen LogP contribution in [0.25, 0.3) is 33.1 Å². The minimum atomic E-state index is -0.253. The molecule has 0 atom stereocenters. The highest BCUT2D eigenvalue weighted by Gasteiger charge is 2.13. The highest BCUT2D eigenvalue weighted by Crippen LogP contribution is 2.32. The van der Waals surface area contributed by atoms with Crippen molar-refractivity contribution in [3.05, 3.63) is 70.9 Å². The van der Waals surface area contributed by atoms with Crippen molar-refractivity contribution in [1.29, 1.82) is 0 Å². The van der Waals surface area contributed by atoms with Crippen LogP contribution in [-0.4, -0.2) is 10.2 Å². The van der Waals surface area contributed by atoms with Gasteiger partial charge in [-0.3, -0.25) is 4.79 Å². The zero-order chi connectivity index (χ0) is 16.0. The number of para-hydroxylation sites is 1. The van der Waals surface area contributed by atoms with Gasteiger partial charge >= 0.3 is 0 Å². The third kappa shape index (κ3) is 2.12. The molecule has 0 unspecified atom stereocenters. The molecular weight excluding hydrogens is 292 g/mol. The van der Waals surface area contributed by atoms with E-state index in [2.05, 4.69) is 0 Å². The van der Waals surface area contributed by atoms with E-state index < -0.39 is 0 Å². The molecule has 4 nitrogen and oxygen atoms in total. The second-order valence-electron chi connectivity index (χ2n) is 5.34. The molecule has 0 aliphatic rings. The molecule has 0 bridgehead atoms. The van der Waals surface area contributed by atoms with Gasteiger partial charge in [-0.25, -0.2) is 0 Å². The average molecular weight is 304 g/mol. The fraction of sp³-hybridized carbons (Fsp3) is 0. The molecule has 112 valence electrons. The summed E-state index contributed by atoms with van der Waals surface area (Å²) in [5, 5.41) is 20.3. The maximum absolute atomic E-state index is 12.5. The molecule has 0 spiro atoms. The molecule has 4 rings (SSSR count). The van der Waals surface area contributed by atoms with Crippen molar-refractivity contribution >= 4 is 21.9 Å². The number of benzene rings is 3. The Bertz CT molecular complexity index is 1090. The number of aromatic hydroxyl groups is 2. The maximum Gasteiger partial charge on any atom is 0.204 e. The lowest BCUT2D eigenvalue weighted by molar-refractivity contribution is 0.475. The standard InChI is InChI=1S/C19H12O4/c20-13-7-5-11(6-8-13)12-9-15(21)18-17(10-12)23-16-4-2-1-3-14(16)19(18)22/h1-10,20-21H. The number of hydrogen-bond acceptors (Lipinski definition) is 4. The van der Waals surface area contributed by atoms with Gasteiger partial charge in [0, 0.05) is 0 Å². The van der Waals surface area contributed by atoms with Gasteiger partial charge in [0.25, 0.3) is 0 Å². The molecule has 3 aromatic carbocycles. The van der Waals surface area contributed by atoms with E-state index in [4.69, 9.17) is 4.42 Å². The van der Waals surface area contributed by atoms with E-state index in [1.807, 2.05) is 0 Å². The van der Waals surface area contributed by atoms with Crippen LogP contribution in [0, 0.1) is 0 Å². The number of phenolic OH excluding ortho intramolecular Hbond substituents is 2. The third-order valence-corrected chi connectivity index (χ3v) is 3.86. The summed E-state index contributed by atoms with van der Waals surface area (Å²) in [5.74, 6) is 0.0429. The van der Waals surface area contributed by atoms with Crippen LogP contribution >= 0.6 is 0 Å². The highest BCUT2D eigenvalue weighted by atomic mass is 16.3. The van der Waals surface area contributed by atoms with Crippen molar-refractivity contribution in [2.45, 2.75) is 0 Å². The van der Waals surface area contributed by atoms with Gasteiger partial charge in [0.1, 0.15) is 28.1 Å². The van der Waals surface area contributed by atoms with Crippen LogP contribution in [-0.2, 0) is 0 Å². The molecule has 0 saturated heterocycles. The molecule has 4 aromatic rings. The molecular formula is C19H12O4. The van der Waals surface area contributed by atoms with Crippen LogP contribution < -0.4 is 5.43 Å². The second kappa shape index (κ2) is 4.88. The van der Waals surface area contributed by atoms with Gasteiger partial charge in [-0.05, 0) is 47.5 Å². The summed E-state index contributed by atoms with van der Waals surface area (Å²) in [5.41, 5.74) is 2.06. The molecule has 0 aliphatic heterocycles. The zero-order valence-corrected chi connectivity index (χ0v) is 12.0. The zero-order valence-electron chi connectivity index (χ0n) is 12.0. The number of hydrogen-bond donors (Lipinski definition) is 2. The predicted molar refractivity (Wildman–Crippen MR) is 88.8 cm³/mol. The first-order chi connectivity index (χ1) is 11.1. The van der Waals surface area contributed by atoms with E-state index in [-0.39, 0.29) is 22.3 Å². The normalized spacial score (nSPS) is 11.1. The van der Waals surface area contributed by atoms with Gasteiger partial charge in [0.15, 0.2) is 0 Å². The fourth-order valence-electron chi connectivity index (χ4n) is 2.73. The summed E-state index contributed by atoms with van der Waals surface area (Å²) in [7, 11) is 0. The van der Waals surface area contributed by atoms with E-state index in [0.29, 0.717) is 22.1 Å². The molecule has 0 amide bonds. The number of fused-ring (bicyclic) bond motifs is 2. The Kier molecular flexibility index (Phi) is 2.84. The summed E-state index contributed by atoms with van der Waals surface area (Å²) < 4.78 is 5.78. The highest BCUT2D eigenvalue weighted by molar-refractivity contribution is 5.95. The average Bonchev–Trinajstić information content (AvgIpc) is 2.55. The lowest BCUT2D eigenvalue weighted by Crippen LogP contribution is -2.02. The van der Waals surface area contributed by atoms with Crippen molar-refractivity contribution < 1.29 is 14.6 Å². The van der Waals surface area contributed by atoms with Gasteiger partial charge < -0.3 is 14.6 Å². The van der Waals surface area contributed by atoms with Gasteiger partial charge in [-0.2, -0.15) is 0 Å². The minimum absolute atomic E-state index is 0.120. The van der Waals surface area contributed by atoms with E-state index in [9.17, 15) is 15.0 Å². The maximum atomic E-state index is 12.5. The van der Waals surface area contributed by atoms with Gasteiger partial charge in [0.2, 0.25) is 5.43 Å². The molecule has 23 heavy (non-hydrogen) atoms. The first-order valence-electron chi connectivity index (χ1n) is 7.11. The lowest BCUT2D eigenvalue weighted by atomic mass is 10.0. The van der Waals surface area contributed by atoms with Gasteiger partial charge in [-0.1, -0.05) is 24.3 Å². The van der Waals surface area contributed by atoms with Gasteiger partial charge in [0.05, 0.1) is 5.39 Å². The molecule has 4 heteroatoms. The first kappa shape index (κ1) is 13.4. The summed E-state index contributed by atoms with van der Waals surface area (Å²) in [6, 6.07) is 16.8. The fourth-order valence-corrected chi connectivity index (χ4v) is 2.73. The van der Waals surface area contributed by atoms with Crippen molar-refractivity contribution in [3.8, 4) is 22.6 Å². The molecule has 0 fully saturated rings. The Morgan fingerprint density at radius 1 is 0.783 bits per heavy atom. The molecule has 2 N–H and O–H groups in total. The monoisotopic (exact) mass is 304 g/mol.